The minimum absolute atomic E-state index is 0.0312. The van der Waals surface area contributed by atoms with Gasteiger partial charge >= 0.3 is 0 Å². The van der Waals surface area contributed by atoms with Crippen LogP contribution in [0.2, 0.25) is 0 Å². The molecule has 2 fully saturated rings. The van der Waals surface area contributed by atoms with E-state index in [2.05, 4.69) is 39.8 Å². The minimum atomic E-state index is 0.0312. The molecule has 154 valence electrons. The molecule has 1 spiro atoms. The fourth-order valence-electron chi connectivity index (χ4n) is 4.59. The van der Waals surface area contributed by atoms with Gasteiger partial charge in [0.2, 0.25) is 0 Å². The highest BCUT2D eigenvalue weighted by molar-refractivity contribution is 7.80. The third kappa shape index (κ3) is 4.05. The van der Waals surface area contributed by atoms with Gasteiger partial charge in [-0.25, -0.2) is 0 Å². The van der Waals surface area contributed by atoms with E-state index < -0.39 is 0 Å². The Hall–Kier alpha value is -2.31. The molecule has 1 saturated heterocycles. The Morgan fingerprint density at radius 3 is 2.07 bits per heavy atom. The Morgan fingerprint density at radius 2 is 1.52 bits per heavy atom. The van der Waals surface area contributed by atoms with Gasteiger partial charge in [-0.1, -0.05) is 37.1 Å². The molecule has 0 amide bonds. The third-order valence-corrected chi connectivity index (χ3v) is 6.56. The molecule has 29 heavy (non-hydrogen) atoms. The van der Waals surface area contributed by atoms with Gasteiger partial charge in [0.05, 0.1) is 19.8 Å². The predicted molar refractivity (Wildman–Crippen MR) is 119 cm³/mol. The first-order chi connectivity index (χ1) is 14.1. The number of benzene rings is 2. The molecule has 0 aromatic heterocycles. The van der Waals surface area contributed by atoms with E-state index in [0.29, 0.717) is 0 Å². The van der Waals surface area contributed by atoms with Crippen molar-refractivity contribution in [2.24, 2.45) is 0 Å². The Morgan fingerprint density at radius 1 is 0.966 bits per heavy atom. The van der Waals surface area contributed by atoms with Crippen molar-refractivity contribution in [3.63, 3.8) is 0 Å². The maximum absolute atomic E-state index is 5.77. The maximum atomic E-state index is 5.77. The fraction of sp³-hybridized carbons (Fsp3) is 0.435. The molecule has 2 aromatic carbocycles. The number of nitrogens with zero attached hydrogens (tertiary/aromatic N) is 1. The molecule has 1 unspecified atom stereocenters. The van der Waals surface area contributed by atoms with E-state index in [9.17, 15) is 0 Å². The SMILES string of the molecule is COc1ccc(CNC2NC(=S)N(Cc3ccc(OC)cc3)C23CCCC3)cc1. The zero-order valence-electron chi connectivity index (χ0n) is 17.1. The van der Waals surface area contributed by atoms with Crippen LogP contribution in [0.15, 0.2) is 48.5 Å². The van der Waals surface area contributed by atoms with Crippen LogP contribution in [0.4, 0.5) is 0 Å². The smallest absolute Gasteiger partial charge is 0.171 e. The monoisotopic (exact) mass is 411 g/mol. The van der Waals surface area contributed by atoms with Crippen LogP contribution in [0, 0.1) is 0 Å². The van der Waals surface area contributed by atoms with Gasteiger partial charge in [0.1, 0.15) is 17.7 Å². The number of rotatable bonds is 7. The first-order valence-corrected chi connectivity index (χ1v) is 10.6. The van der Waals surface area contributed by atoms with Crippen LogP contribution in [0.3, 0.4) is 0 Å². The summed E-state index contributed by atoms with van der Waals surface area (Å²) in [6.07, 6.45) is 4.93. The summed E-state index contributed by atoms with van der Waals surface area (Å²) in [6.45, 7) is 1.61. The molecule has 1 saturated carbocycles. The van der Waals surface area contributed by atoms with Crippen LogP contribution < -0.4 is 20.1 Å². The Labute approximate surface area is 178 Å². The summed E-state index contributed by atoms with van der Waals surface area (Å²) in [7, 11) is 3.39. The second kappa shape index (κ2) is 8.59. The van der Waals surface area contributed by atoms with Crippen molar-refractivity contribution in [3.05, 3.63) is 59.7 Å². The van der Waals surface area contributed by atoms with Gasteiger partial charge in [-0.2, -0.15) is 0 Å². The number of nitrogens with one attached hydrogen (secondary N) is 2. The lowest BCUT2D eigenvalue weighted by Gasteiger charge is -2.39. The summed E-state index contributed by atoms with van der Waals surface area (Å²) in [6, 6.07) is 16.5. The standard InChI is InChI=1S/C23H29N3O2S/c1-27-19-9-5-17(6-10-19)15-24-21-23(13-3-4-14-23)26(22(29)25-21)16-18-7-11-20(28-2)12-8-18/h5-12,21,24H,3-4,13-16H2,1-2H3,(H,25,29). The summed E-state index contributed by atoms with van der Waals surface area (Å²) < 4.78 is 10.5. The highest BCUT2D eigenvalue weighted by Crippen LogP contribution is 2.41. The van der Waals surface area contributed by atoms with Crippen molar-refractivity contribution in [3.8, 4) is 11.5 Å². The van der Waals surface area contributed by atoms with E-state index in [1.807, 2.05) is 24.3 Å². The summed E-state index contributed by atoms with van der Waals surface area (Å²) in [5, 5.41) is 8.14. The van der Waals surface area contributed by atoms with Gasteiger partial charge in [0.15, 0.2) is 5.11 Å². The molecule has 1 aliphatic carbocycles. The second-order valence-corrected chi connectivity index (χ2v) is 8.24. The number of methoxy groups -OCH3 is 2. The molecular formula is C23H29N3O2S. The van der Waals surface area contributed by atoms with Crippen LogP contribution in [0.5, 0.6) is 11.5 Å². The van der Waals surface area contributed by atoms with Crippen LogP contribution in [-0.4, -0.2) is 35.9 Å². The highest BCUT2D eigenvalue weighted by atomic mass is 32.1. The number of hydrogen-bond donors (Lipinski definition) is 2. The van der Waals surface area contributed by atoms with Gasteiger partial charge < -0.3 is 19.7 Å². The molecule has 0 radical (unpaired) electrons. The van der Waals surface area contributed by atoms with Gasteiger partial charge in [-0.05, 0) is 60.5 Å². The topological polar surface area (TPSA) is 45.8 Å². The van der Waals surface area contributed by atoms with Crippen molar-refractivity contribution in [1.82, 2.24) is 15.5 Å². The second-order valence-electron chi connectivity index (χ2n) is 7.86. The zero-order chi connectivity index (χ0) is 20.3. The zero-order valence-corrected chi connectivity index (χ0v) is 17.9. The number of thiocarbonyl (C=S) groups is 1. The lowest BCUT2D eigenvalue weighted by atomic mass is 9.92. The van der Waals surface area contributed by atoms with Crippen molar-refractivity contribution in [1.29, 1.82) is 0 Å². The lowest BCUT2D eigenvalue weighted by Crippen LogP contribution is -2.55. The third-order valence-electron chi connectivity index (χ3n) is 6.23. The molecule has 1 heterocycles. The predicted octanol–water partition coefficient (Wildman–Crippen LogP) is 3.82. The van der Waals surface area contributed by atoms with Crippen LogP contribution in [0.25, 0.3) is 0 Å². The van der Waals surface area contributed by atoms with Crippen molar-refractivity contribution >= 4 is 17.3 Å². The molecule has 1 aliphatic heterocycles. The molecular weight excluding hydrogens is 382 g/mol. The van der Waals surface area contributed by atoms with E-state index in [4.69, 9.17) is 21.7 Å². The lowest BCUT2D eigenvalue weighted by molar-refractivity contribution is 0.149. The molecule has 0 bridgehead atoms. The first kappa shape index (κ1) is 20.0. The number of hydrogen-bond acceptors (Lipinski definition) is 4. The molecule has 6 heteroatoms. The summed E-state index contributed by atoms with van der Waals surface area (Å²) in [4.78, 5) is 2.41. The fourth-order valence-corrected chi connectivity index (χ4v) is 4.95. The van der Waals surface area contributed by atoms with Gasteiger partial charge in [-0.3, -0.25) is 5.32 Å². The van der Waals surface area contributed by atoms with E-state index >= 15 is 0 Å². The summed E-state index contributed by atoms with van der Waals surface area (Å²) >= 11 is 5.77. The van der Waals surface area contributed by atoms with E-state index in [0.717, 1.165) is 42.5 Å². The van der Waals surface area contributed by atoms with E-state index in [1.54, 1.807) is 14.2 Å². The van der Waals surface area contributed by atoms with E-state index in [-0.39, 0.29) is 11.7 Å². The molecule has 4 rings (SSSR count). The quantitative estimate of drug-likeness (QED) is 0.676. The van der Waals surface area contributed by atoms with Gasteiger partial charge in [0.25, 0.3) is 0 Å². The van der Waals surface area contributed by atoms with Gasteiger partial charge in [-0.15, -0.1) is 0 Å². The van der Waals surface area contributed by atoms with Crippen molar-refractivity contribution < 1.29 is 9.47 Å². The molecule has 5 nitrogen and oxygen atoms in total. The van der Waals surface area contributed by atoms with Crippen molar-refractivity contribution in [2.75, 3.05) is 14.2 Å². The summed E-state index contributed by atoms with van der Waals surface area (Å²) in [5.74, 6) is 1.76. The Kier molecular flexibility index (Phi) is 5.92. The largest absolute Gasteiger partial charge is 0.497 e. The first-order valence-electron chi connectivity index (χ1n) is 10.2. The van der Waals surface area contributed by atoms with Crippen LogP contribution in [-0.2, 0) is 13.1 Å². The van der Waals surface area contributed by atoms with Gasteiger partial charge in [0, 0.05) is 13.1 Å². The minimum Gasteiger partial charge on any atom is -0.497 e. The maximum Gasteiger partial charge on any atom is 0.171 e. The van der Waals surface area contributed by atoms with Crippen molar-refractivity contribution in [2.45, 2.75) is 50.5 Å². The van der Waals surface area contributed by atoms with E-state index in [1.165, 1.54) is 24.0 Å². The average molecular weight is 412 g/mol. The molecule has 1 atom stereocenters. The highest BCUT2D eigenvalue weighted by Gasteiger charge is 2.52. The molecule has 2 aromatic rings. The Balaban J connectivity index is 1.48. The average Bonchev–Trinajstić information content (AvgIpc) is 3.34. The summed E-state index contributed by atoms with van der Waals surface area (Å²) in [5.41, 5.74) is 2.51. The molecule has 2 N–H and O–H groups in total. The normalized spacial score (nSPS) is 20.1. The van der Waals surface area contributed by atoms with Crippen LogP contribution >= 0.6 is 12.2 Å². The van der Waals surface area contributed by atoms with Crippen LogP contribution in [0.1, 0.15) is 36.8 Å². The number of ether oxygens (including phenoxy) is 2. The molecule has 2 aliphatic rings. The Bertz CT molecular complexity index is 832.